The van der Waals surface area contributed by atoms with Crippen LogP contribution in [0.4, 0.5) is 0 Å². The molecule has 27 heavy (non-hydrogen) atoms. The Morgan fingerprint density at radius 3 is 2.41 bits per heavy atom. The Bertz CT molecular complexity index is 796. The molecule has 1 aromatic rings. The molecule has 1 aliphatic carbocycles. The maximum Gasteiger partial charge on any atom is 0.326 e. The molecule has 1 saturated heterocycles. The highest BCUT2D eigenvalue weighted by molar-refractivity contribution is 7.89. The Hall–Kier alpha value is -1.93. The Balaban J connectivity index is 1.75. The van der Waals surface area contributed by atoms with Gasteiger partial charge in [-0.25, -0.2) is 13.2 Å². The number of hydrogen-bond donors (Lipinski definition) is 2. The first-order valence-electron chi connectivity index (χ1n) is 9.52. The second kappa shape index (κ2) is 8.39. The monoisotopic (exact) mass is 394 g/mol. The van der Waals surface area contributed by atoms with Crippen LogP contribution in [0.3, 0.4) is 0 Å². The van der Waals surface area contributed by atoms with Gasteiger partial charge in [-0.1, -0.05) is 31.7 Å². The fourth-order valence-corrected chi connectivity index (χ4v) is 4.94. The van der Waals surface area contributed by atoms with Gasteiger partial charge >= 0.3 is 5.97 Å². The zero-order valence-corrected chi connectivity index (χ0v) is 16.1. The van der Waals surface area contributed by atoms with Crippen molar-refractivity contribution >= 4 is 21.9 Å². The molecule has 2 fully saturated rings. The first-order chi connectivity index (χ1) is 12.9. The third-order valence-electron chi connectivity index (χ3n) is 5.17. The lowest BCUT2D eigenvalue weighted by atomic mass is 10.1. The van der Waals surface area contributed by atoms with Crippen LogP contribution in [0.15, 0.2) is 29.2 Å². The van der Waals surface area contributed by atoms with Crippen LogP contribution >= 0.6 is 0 Å². The first kappa shape index (κ1) is 19.8. The molecule has 1 saturated carbocycles. The highest BCUT2D eigenvalue weighted by Gasteiger charge is 2.31. The van der Waals surface area contributed by atoms with E-state index in [1.165, 1.54) is 28.6 Å². The van der Waals surface area contributed by atoms with Gasteiger partial charge in [-0.2, -0.15) is 4.31 Å². The van der Waals surface area contributed by atoms with Crippen molar-refractivity contribution < 1.29 is 23.1 Å². The number of nitrogens with one attached hydrogen (secondary N) is 1. The van der Waals surface area contributed by atoms with E-state index in [1.54, 1.807) is 0 Å². The molecule has 0 radical (unpaired) electrons. The molecule has 7 nitrogen and oxygen atoms in total. The largest absolute Gasteiger partial charge is 0.480 e. The normalized spacial score (nSPS) is 19.9. The van der Waals surface area contributed by atoms with Gasteiger partial charge in [0.05, 0.1) is 4.90 Å². The molecule has 1 aromatic carbocycles. The van der Waals surface area contributed by atoms with Gasteiger partial charge in [0, 0.05) is 18.7 Å². The molecule has 1 heterocycles. The lowest BCUT2D eigenvalue weighted by Gasteiger charge is -2.20. The number of aliphatic carboxylic acids is 1. The number of amides is 1. The summed E-state index contributed by atoms with van der Waals surface area (Å²) in [6.45, 7) is 0.975. The molecule has 3 rings (SSSR count). The fourth-order valence-electron chi connectivity index (χ4n) is 3.38. The third kappa shape index (κ3) is 5.07. The average molecular weight is 394 g/mol. The van der Waals surface area contributed by atoms with E-state index in [4.69, 9.17) is 0 Å². The van der Waals surface area contributed by atoms with E-state index in [0.717, 1.165) is 38.5 Å². The smallest absolute Gasteiger partial charge is 0.326 e. The maximum absolute atomic E-state index is 12.9. The SMILES string of the molecule is O=C(NC(CC1CC1)C(=O)O)c1cccc(S(=O)(=O)N2CCCCCC2)c1. The molecule has 2 aliphatic rings. The van der Waals surface area contributed by atoms with E-state index >= 15 is 0 Å². The molecule has 2 N–H and O–H groups in total. The van der Waals surface area contributed by atoms with Gasteiger partial charge in [0.2, 0.25) is 10.0 Å². The van der Waals surface area contributed by atoms with Crippen molar-refractivity contribution in [1.82, 2.24) is 9.62 Å². The lowest BCUT2D eigenvalue weighted by Crippen LogP contribution is -2.41. The summed E-state index contributed by atoms with van der Waals surface area (Å²) in [5, 5.41) is 11.8. The zero-order chi connectivity index (χ0) is 19.4. The maximum atomic E-state index is 12.9. The highest BCUT2D eigenvalue weighted by Crippen LogP contribution is 2.33. The quantitative estimate of drug-likeness (QED) is 0.738. The fraction of sp³-hybridized carbons (Fsp3) is 0.579. The van der Waals surface area contributed by atoms with E-state index in [2.05, 4.69) is 5.32 Å². The Kier molecular flexibility index (Phi) is 6.16. The van der Waals surface area contributed by atoms with Gasteiger partial charge in [0.25, 0.3) is 5.91 Å². The predicted octanol–water partition coefficient (Wildman–Crippen LogP) is 2.23. The first-order valence-corrected chi connectivity index (χ1v) is 11.0. The van der Waals surface area contributed by atoms with Crippen LogP contribution in [0.1, 0.15) is 55.3 Å². The molecule has 1 aliphatic heterocycles. The van der Waals surface area contributed by atoms with Crippen LogP contribution in [0, 0.1) is 5.92 Å². The summed E-state index contributed by atoms with van der Waals surface area (Å²) in [4.78, 5) is 23.9. The summed E-state index contributed by atoms with van der Waals surface area (Å²) in [6, 6.07) is 4.90. The summed E-state index contributed by atoms with van der Waals surface area (Å²) in [6.07, 6.45) is 6.10. The summed E-state index contributed by atoms with van der Waals surface area (Å²) >= 11 is 0. The Labute approximate surface area is 159 Å². The molecule has 8 heteroatoms. The zero-order valence-electron chi connectivity index (χ0n) is 15.3. The number of sulfonamides is 1. The Morgan fingerprint density at radius 2 is 1.81 bits per heavy atom. The minimum absolute atomic E-state index is 0.0751. The molecule has 0 aromatic heterocycles. The van der Waals surface area contributed by atoms with Crippen molar-refractivity contribution in [1.29, 1.82) is 0 Å². The number of benzene rings is 1. The standard InChI is InChI=1S/C19H26N2O5S/c22-18(20-17(19(23)24)12-14-8-9-14)15-6-5-7-16(13-15)27(25,26)21-10-3-1-2-4-11-21/h5-7,13-14,17H,1-4,8-12H2,(H,20,22)(H,23,24). The van der Waals surface area contributed by atoms with E-state index in [-0.39, 0.29) is 10.5 Å². The van der Waals surface area contributed by atoms with Gasteiger partial charge < -0.3 is 10.4 Å². The number of hydrogen-bond acceptors (Lipinski definition) is 4. The van der Waals surface area contributed by atoms with Crippen LogP contribution in [-0.4, -0.2) is 48.8 Å². The molecule has 0 spiro atoms. The predicted molar refractivity (Wildman–Crippen MR) is 99.9 cm³/mol. The molecule has 1 unspecified atom stereocenters. The molecular weight excluding hydrogens is 368 g/mol. The van der Waals surface area contributed by atoms with Crippen molar-refractivity contribution in [2.75, 3.05) is 13.1 Å². The van der Waals surface area contributed by atoms with Crippen molar-refractivity contribution in [3.63, 3.8) is 0 Å². The summed E-state index contributed by atoms with van der Waals surface area (Å²) in [7, 11) is -3.66. The van der Waals surface area contributed by atoms with Gasteiger partial charge in [0.15, 0.2) is 0 Å². The minimum Gasteiger partial charge on any atom is -0.480 e. The van der Waals surface area contributed by atoms with Crippen molar-refractivity contribution in [2.45, 2.75) is 55.9 Å². The number of carbonyl (C=O) groups is 2. The van der Waals surface area contributed by atoms with Crippen LogP contribution in [-0.2, 0) is 14.8 Å². The van der Waals surface area contributed by atoms with Gasteiger partial charge in [-0.3, -0.25) is 4.79 Å². The second-order valence-corrected chi connectivity index (χ2v) is 9.33. The van der Waals surface area contributed by atoms with Crippen LogP contribution in [0.2, 0.25) is 0 Å². The molecular formula is C19H26N2O5S. The number of carbonyl (C=O) groups excluding carboxylic acids is 1. The van der Waals surface area contributed by atoms with Crippen LogP contribution in [0.5, 0.6) is 0 Å². The van der Waals surface area contributed by atoms with E-state index in [9.17, 15) is 23.1 Å². The van der Waals surface area contributed by atoms with E-state index in [1.807, 2.05) is 0 Å². The lowest BCUT2D eigenvalue weighted by molar-refractivity contribution is -0.139. The summed E-state index contributed by atoms with van der Waals surface area (Å²) in [5.74, 6) is -1.28. The van der Waals surface area contributed by atoms with Gasteiger partial charge in [-0.05, 0) is 43.4 Å². The topological polar surface area (TPSA) is 104 Å². The second-order valence-electron chi connectivity index (χ2n) is 7.39. The van der Waals surface area contributed by atoms with Crippen molar-refractivity contribution in [3.05, 3.63) is 29.8 Å². The summed E-state index contributed by atoms with van der Waals surface area (Å²) < 4.78 is 27.3. The Morgan fingerprint density at radius 1 is 1.15 bits per heavy atom. The number of carboxylic acid groups (broad SMARTS) is 1. The molecule has 0 bridgehead atoms. The van der Waals surface area contributed by atoms with E-state index in [0.29, 0.717) is 25.4 Å². The third-order valence-corrected chi connectivity index (χ3v) is 7.06. The average Bonchev–Trinajstić information content (AvgIpc) is 3.47. The van der Waals surface area contributed by atoms with Crippen molar-refractivity contribution in [3.8, 4) is 0 Å². The van der Waals surface area contributed by atoms with Gasteiger partial charge in [0.1, 0.15) is 6.04 Å². The number of nitrogens with zero attached hydrogens (tertiary/aromatic N) is 1. The minimum atomic E-state index is -3.66. The van der Waals surface area contributed by atoms with Gasteiger partial charge in [-0.15, -0.1) is 0 Å². The summed E-state index contributed by atoms with van der Waals surface area (Å²) in [5.41, 5.74) is 0.160. The molecule has 1 atom stereocenters. The highest BCUT2D eigenvalue weighted by atomic mass is 32.2. The number of rotatable bonds is 7. The molecule has 1 amide bonds. The molecule has 148 valence electrons. The van der Waals surface area contributed by atoms with E-state index < -0.39 is 27.9 Å². The number of carboxylic acids is 1. The van der Waals surface area contributed by atoms with Crippen molar-refractivity contribution in [2.24, 2.45) is 5.92 Å². The van der Waals surface area contributed by atoms with Crippen LogP contribution < -0.4 is 5.32 Å². The van der Waals surface area contributed by atoms with Crippen LogP contribution in [0.25, 0.3) is 0 Å².